The summed E-state index contributed by atoms with van der Waals surface area (Å²) < 4.78 is 0. The predicted octanol–water partition coefficient (Wildman–Crippen LogP) is 2.87. The minimum absolute atomic E-state index is 0.280. The second-order valence-corrected chi connectivity index (χ2v) is 5.29. The summed E-state index contributed by atoms with van der Waals surface area (Å²) in [4.78, 5) is 0. The second-order valence-electron chi connectivity index (χ2n) is 5.29. The molecule has 0 aromatic heterocycles. The lowest BCUT2D eigenvalue weighted by atomic mass is 9.81. The maximum Gasteiger partial charge on any atom is 0.115 e. The van der Waals surface area contributed by atoms with E-state index in [0.717, 1.165) is 6.42 Å². The minimum atomic E-state index is 0.280. The van der Waals surface area contributed by atoms with E-state index in [-0.39, 0.29) is 5.41 Å². The molecule has 0 aliphatic carbocycles. The number of hydrogen-bond acceptors (Lipinski definition) is 2. The van der Waals surface area contributed by atoms with Crippen LogP contribution in [-0.2, 0) is 0 Å². The molecule has 1 atom stereocenters. The fourth-order valence-electron chi connectivity index (χ4n) is 1.82. The smallest absolute Gasteiger partial charge is 0.115 e. The minimum Gasteiger partial charge on any atom is -0.508 e. The Morgan fingerprint density at radius 3 is 2.13 bits per heavy atom. The summed E-state index contributed by atoms with van der Waals surface area (Å²) in [6, 6.07) is 7.36. The number of nitrogens with two attached hydrogens (primary N) is 1. The van der Waals surface area contributed by atoms with Crippen LogP contribution in [0.2, 0.25) is 0 Å². The molecule has 1 aromatic rings. The Bertz CT molecular complexity index is 297. The summed E-state index contributed by atoms with van der Waals surface area (Å²) in [6.45, 7) is 7.31. The Hall–Kier alpha value is -1.02. The highest BCUT2D eigenvalue weighted by Gasteiger charge is 2.18. The van der Waals surface area contributed by atoms with Crippen LogP contribution < -0.4 is 5.73 Å². The van der Waals surface area contributed by atoms with Crippen molar-refractivity contribution in [1.82, 2.24) is 0 Å². The van der Waals surface area contributed by atoms with Gasteiger partial charge in [0.25, 0.3) is 0 Å². The molecule has 0 saturated carbocycles. The molecule has 0 amide bonds. The Kier molecular flexibility index (Phi) is 3.75. The largest absolute Gasteiger partial charge is 0.508 e. The number of hydrogen-bond donors (Lipinski definition) is 2. The number of rotatable bonds is 3. The molecular formula is C13H21NO. The average Bonchev–Trinajstić information content (AvgIpc) is 2.14. The third-order valence-corrected chi connectivity index (χ3v) is 2.51. The highest BCUT2D eigenvalue weighted by Crippen LogP contribution is 2.30. The standard InChI is InChI=1S/C13H21NO/c1-13(2,3)8-11(9-14)10-4-6-12(15)7-5-10/h4-7,11,15H,8-9,14H2,1-3H3. The Morgan fingerprint density at radius 1 is 1.20 bits per heavy atom. The van der Waals surface area contributed by atoms with E-state index < -0.39 is 0 Å². The van der Waals surface area contributed by atoms with E-state index in [0.29, 0.717) is 18.2 Å². The first-order valence-electron chi connectivity index (χ1n) is 5.41. The van der Waals surface area contributed by atoms with E-state index in [4.69, 9.17) is 5.73 Å². The van der Waals surface area contributed by atoms with Crippen molar-refractivity contribution in [2.24, 2.45) is 11.1 Å². The monoisotopic (exact) mass is 207 g/mol. The summed E-state index contributed by atoms with van der Waals surface area (Å²) in [6.07, 6.45) is 1.06. The van der Waals surface area contributed by atoms with Gasteiger partial charge in [0.15, 0.2) is 0 Å². The van der Waals surface area contributed by atoms with Crippen molar-refractivity contribution >= 4 is 0 Å². The SMILES string of the molecule is CC(C)(C)CC(CN)c1ccc(O)cc1. The van der Waals surface area contributed by atoms with Crippen molar-refractivity contribution in [3.05, 3.63) is 29.8 Å². The topological polar surface area (TPSA) is 46.2 Å². The predicted molar refractivity (Wildman–Crippen MR) is 64.0 cm³/mol. The van der Waals surface area contributed by atoms with E-state index in [9.17, 15) is 5.11 Å². The molecule has 1 aromatic carbocycles. The number of phenolic OH excluding ortho intramolecular Hbond substituents is 1. The van der Waals surface area contributed by atoms with Gasteiger partial charge in [-0.2, -0.15) is 0 Å². The van der Waals surface area contributed by atoms with Crippen LogP contribution in [0.5, 0.6) is 5.75 Å². The van der Waals surface area contributed by atoms with Gasteiger partial charge in [0.2, 0.25) is 0 Å². The van der Waals surface area contributed by atoms with Gasteiger partial charge in [-0.05, 0) is 42.0 Å². The second kappa shape index (κ2) is 4.67. The van der Waals surface area contributed by atoms with Crippen LogP contribution in [0.25, 0.3) is 0 Å². The molecule has 0 radical (unpaired) electrons. The third kappa shape index (κ3) is 3.92. The first kappa shape index (κ1) is 12.1. The van der Waals surface area contributed by atoms with Gasteiger partial charge in [0.1, 0.15) is 5.75 Å². The van der Waals surface area contributed by atoms with Gasteiger partial charge >= 0.3 is 0 Å². The molecule has 0 fully saturated rings. The van der Waals surface area contributed by atoms with Crippen molar-refractivity contribution < 1.29 is 5.11 Å². The normalized spacial score (nSPS) is 13.9. The molecule has 3 N–H and O–H groups in total. The van der Waals surface area contributed by atoms with E-state index in [1.165, 1.54) is 5.56 Å². The lowest BCUT2D eigenvalue weighted by Crippen LogP contribution is -2.19. The van der Waals surface area contributed by atoms with Crippen LogP contribution in [0.4, 0.5) is 0 Å². The van der Waals surface area contributed by atoms with Crippen molar-refractivity contribution in [3.8, 4) is 5.75 Å². The number of benzene rings is 1. The molecule has 0 saturated heterocycles. The molecule has 15 heavy (non-hydrogen) atoms. The van der Waals surface area contributed by atoms with Crippen LogP contribution in [0.3, 0.4) is 0 Å². The van der Waals surface area contributed by atoms with Crippen LogP contribution in [0.1, 0.15) is 38.7 Å². The fourth-order valence-corrected chi connectivity index (χ4v) is 1.82. The summed E-state index contributed by atoms with van der Waals surface area (Å²) >= 11 is 0. The van der Waals surface area contributed by atoms with Gasteiger partial charge in [-0.3, -0.25) is 0 Å². The molecule has 0 aliphatic heterocycles. The molecular weight excluding hydrogens is 186 g/mol. The zero-order chi connectivity index (χ0) is 11.5. The Morgan fingerprint density at radius 2 is 1.73 bits per heavy atom. The van der Waals surface area contributed by atoms with Crippen LogP contribution in [0, 0.1) is 5.41 Å². The molecule has 84 valence electrons. The highest BCUT2D eigenvalue weighted by molar-refractivity contribution is 5.28. The van der Waals surface area contributed by atoms with Gasteiger partial charge in [-0.25, -0.2) is 0 Å². The van der Waals surface area contributed by atoms with Gasteiger partial charge in [0.05, 0.1) is 0 Å². The lowest BCUT2D eigenvalue weighted by Gasteiger charge is -2.25. The van der Waals surface area contributed by atoms with Crippen LogP contribution in [-0.4, -0.2) is 11.7 Å². The zero-order valence-corrected chi connectivity index (χ0v) is 9.83. The highest BCUT2D eigenvalue weighted by atomic mass is 16.3. The van der Waals surface area contributed by atoms with Gasteiger partial charge < -0.3 is 10.8 Å². The summed E-state index contributed by atoms with van der Waals surface area (Å²) in [5, 5.41) is 9.21. The van der Waals surface area contributed by atoms with E-state index in [1.54, 1.807) is 12.1 Å². The molecule has 1 rings (SSSR count). The van der Waals surface area contributed by atoms with Gasteiger partial charge in [0, 0.05) is 0 Å². The summed E-state index contributed by atoms with van der Waals surface area (Å²) in [5.74, 6) is 0.691. The molecule has 2 heteroatoms. The Balaban J connectivity index is 2.79. The van der Waals surface area contributed by atoms with Gasteiger partial charge in [-0.1, -0.05) is 32.9 Å². The van der Waals surface area contributed by atoms with Crippen molar-refractivity contribution in [2.75, 3.05) is 6.54 Å². The van der Waals surface area contributed by atoms with Gasteiger partial charge in [-0.15, -0.1) is 0 Å². The Labute approximate surface area is 92.1 Å². The molecule has 2 nitrogen and oxygen atoms in total. The third-order valence-electron chi connectivity index (χ3n) is 2.51. The molecule has 1 unspecified atom stereocenters. The van der Waals surface area contributed by atoms with E-state index >= 15 is 0 Å². The molecule has 0 aliphatic rings. The summed E-state index contributed by atoms with van der Waals surface area (Å²) in [5.41, 5.74) is 7.28. The van der Waals surface area contributed by atoms with Crippen LogP contribution in [0.15, 0.2) is 24.3 Å². The summed E-state index contributed by atoms with van der Waals surface area (Å²) in [7, 11) is 0. The van der Waals surface area contributed by atoms with Crippen LogP contribution >= 0.6 is 0 Å². The van der Waals surface area contributed by atoms with Crippen molar-refractivity contribution in [1.29, 1.82) is 0 Å². The number of phenols is 1. The first-order valence-corrected chi connectivity index (χ1v) is 5.41. The van der Waals surface area contributed by atoms with Crippen molar-refractivity contribution in [2.45, 2.75) is 33.1 Å². The fraction of sp³-hybridized carbons (Fsp3) is 0.538. The first-order chi connectivity index (χ1) is 6.92. The molecule has 0 bridgehead atoms. The zero-order valence-electron chi connectivity index (χ0n) is 9.83. The van der Waals surface area contributed by atoms with E-state index in [2.05, 4.69) is 20.8 Å². The lowest BCUT2D eigenvalue weighted by molar-refractivity contribution is 0.341. The molecule has 0 spiro atoms. The quantitative estimate of drug-likeness (QED) is 0.800. The molecule has 0 heterocycles. The van der Waals surface area contributed by atoms with E-state index in [1.807, 2.05) is 12.1 Å². The number of aromatic hydroxyl groups is 1. The maximum absolute atomic E-state index is 9.21. The average molecular weight is 207 g/mol. The van der Waals surface area contributed by atoms with Crippen molar-refractivity contribution in [3.63, 3.8) is 0 Å². The maximum atomic E-state index is 9.21.